The molecular formula is C29H34FN7O2. The van der Waals surface area contributed by atoms with Gasteiger partial charge in [0.15, 0.2) is 0 Å². The predicted octanol–water partition coefficient (Wildman–Crippen LogP) is 3.94. The zero-order chi connectivity index (χ0) is 27.5. The van der Waals surface area contributed by atoms with Crippen LogP contribution < -0.4 is 10.1 Å². The third-order valence-electron chi connectivity index (χ3n) is 7.60. The highest BCUT2D eigenvalue weighted by atomic mass is 19.1. The first-order valence-electron chi connectivity index (χ1n) is 13.5. The molecular weight excluding hydrogens is 497 g/mol. The summed E-state index contributed by atoms with van der Waals surface area (Å²) < 4.78 is 21.6. The van der Waals surface area contributed by atoms with Crippen molar-refractivity contribution in [1.82, 2.24) is 24.3 Å². The molecule has 3 aromatic rings. The van der Waals surface area contributed by atoms with Gasteiger partial charge in [-0.3, -0.25) is 14.7 Å². The number of carbonyl (C=O) groups excluding carboxylic acids is 1. The summed E-state index contributed by atoms with van der Waals surface area (Å²) in [4.78, 5) is 26.8. The molecule has 0 spiro atoms. The number of imidazole rings is 1. The zero-order valence-corrected chi connectivity index (χ0v) is 22.7. The van der Waals surface area contributed by atoms with Gasteiger partial charge < -0.3 is 19.5 Å². The summed E-state index contributed by atoms with van der Waals surface area (Å²) >= 11 is 0. The van der Waals surface area contributed by atoms with E-state index in [1.165, 1.54) is 6.20 Å². The number of hydrogen-bond donors (Lipinski definition) is 1. The molecule has 2 aliphatic heterocycles. The van der Waals surface area contributed by atoms with Gasteiger partial charge in [0.1, 0.15) is 23.6 Å². The van der Waals surface area contributed by atoms with Crippen LogP contribution >= 0.6 is 0 Å². The van der Waals surface area contributed by atoms with Gasteiger partial charge in [-0.2, -0.15) is 5.26 Å². The Morgan fingerprint density at radius 2 is 2.10 bits per heavy atom. The molecule has 2 atom stereocenters. The number of alkyl halides is 1. The lowest BCUT2D eigenvalue weighted by molar-refractivity contribution is 0.0667. The van der Waals surface area contributed by atoms with Gasteiger partial charge >= 0.3 is 0 Å². The Morgan fingerprint density at radius 3 is 2.82 bits per heavy atom. The molecule has 2 aliphatic rings. The number of amides is 1. The molecule has 0 saturated carbocycles. The van der Waals surface area contributed by atoms with Crippen LogP contribution in [0, 0.1) is 11.3 Å². The van der Waals surface area contributed by atoms with Crippen LogP contribution in [0.2, 0.25) is 0 Å². The number of nitriles is 1. The van der Waals surface area contributed by atoms with E-state index in [4.69, 9.17) is 4.74 Å². The molecule has 1 fully saturated rings. The molecule has 4 heterocycles. The van der Waals surface area contributed by atoms with Crippen LogP contribution in [0.25, 0.3) is 0 Å². The second-order valence-electron chi connectivity index (χ2n) is 10.1. The number of benzene rings is 1. The molecule has 0 radical (unpaired) electrons. The maximum Gasteiger partial charge on any atom is 0.254 e. The third kappa shape index (κ3) is 5.45. The summed E-state index contributed by atoms with van der Waals surface area (Å²) in [6.45, 7) is 7.11. The number of pyridine rings is 1. The van der Waals surface area contributed by atoms with Crippen LogP contribution in [0.15, 0.2) is 36.8 Å². The standard InChI is InChI=1S/C29H34FN7O2/c1-4-39-27-13-26(34-15-22(27)14-31)19(2)37-9-6-24-21(17-35-8-5-23(30)18-35)11-20(12-25(24)28(37)38)16-36-10-7-33-29(36)32-3/h7,10-13,15,19,23H,4-6,8-9,16-18H2,1-3H3,(H,32,33)/t19?,23-/m1/s1. The molecule has 2 aromatic heterocycles. The van der Waals surface area contributed by atoms with Crippen molar-refractivity contribution >= 4 is 11.9 Å². The quantitative estimate of drug-likeness (QED) is 0.447. The minimum atomic E-state index is -0.799. The fourth-order valence-electron chi connectivity index (χ4n) is 5.61. The normalized spacial score (nSPS) is 18.1. The van der Waals surface area contributed by atoms with E-state index in [1.807, 2.05) is 42.6 Å². The molecule has 204 valence electrons. The van der Waals surface area contributed by atoms with Gasteiger partial charge in [0.2, 0.25) is 5.95 Å². The Kier molecular flexibility index (Phi) is 7.79. The molecule has 1 saturated heterocycles. The number of hydrogen-bond acceptors (Lipinski definition) is 7. The molecule has 5 rings (SSSR count). The van der Waals surface area contributed by atoms with Crippen LogP contribution in [0.5, 0.6) is 5.75 Å². The largest absolute Gasteiger partial charge is 0.492 e. The fraction of sp³-hybridized carbons (Fsp3) is 0.448. The lowest BCUT2D eigenvalue weighted by atomic mass is 9.90. The van der Waals surface area contributed by atoms with E-state index in [2.05, 4.69) is 32.3 Å². The van der Waals surface area contributed by atoms with Crippen molar-refractivity contribution in [3.63, 3.8) is 0 Å². The SMILES string of the molecule is CCOc1cc(C(C)N2CCc3c(CN4CC[C@@H](F)C4)cc(Cn4ccnc4NC)cc3C2=O)ncc1C#N. The first-order valence-corrected chi connectivity index (χ1v) is 13.5. The van der Waals surface area contributed by atoms with E-state index >= 15 is 0 Å². The number of fused-ring (bicyclic) bond motifs is 1. The average molecular weight is 532 g/mol. The number of rotatable bonds is 9. The van der Waals surface area contributed by atoms with Crippen molar-refractivity contribution in [1.29, 1.82) is 5.26 Å². The molecule has 1 aromatic carbocycles. The number of likely N-dealkylation sites (tertiary alicyclic amines) is 1. The first kappa shape index (κ1) is 26.6. The maximum atomic E-state index is 14.0. The number of nitrogens with zero attached hydrogens (tertiary/aromatic N) is 6. The molecule has 10 heteroatoms. The Labute approximate surface area is 228 Å². The van der Waals surface area contributed by atoms with Gasteiger partial charge in [0.05, 0.1) is 24.9 Å². The summed E-state index contributed by atoms with van der Waals surface area (Å²) in [5.41, 5.74) is 4.84. The van der Waals surface area contributed by atoms with E-state index in [0.717, 1.165) is 29.2 Å². The number of carbonyl (C=O) groups is 1. The van der Waals surface area contributed by atoms with Crippen molar-refractivity contribution in [2.45, 2.75) is 52.0 Å². The van der Waals surface area contributed by atoms with Crippen molar-refractivity contribution < 1.29 is 13.9 Å². The van der Waals surface area contributed by atoms with Gasteiger partial charge in [-0.15, -0.1) is 0 Å². The van der Waals surface area contributed by atoms with E-state index < -0.39 is 6.17 Å². The molecule has 39 heavy (non-hydrogen) atoms. The van der Waals surface area contributed by atoms with Crippen molar-refractivity contribution in [2.24, 2.45) is 0 Å². The van der Waals surface area contributed by atoms with Crippen molar-refractivity contribution in [3.8, 4) is 11.8 Å². The second-order valence-corrected chi connectivity index (χ2v) is 10.1. The van der Waals surface area contributed by atoms with Crippen LogP contribution in [0.1, 0.15) is 64.6 Å². The number of halogens is 1. The minimum absolute atomic E-state index is 0.0553. The van der Waals surface area contributed by atoms with Crippen molar-refractivity contribution in [3.05, 3.63) is 70.3 Å². The van der Waals surface area contributed by atoms with Crippen LogP contribution in [0.4, 0.5) is 10.3 Å². The first-order chi connectivity index (χ1) is 18.9. The lowest BCUT2D eigenvalue weighted by Gasteiger charge is -2.35. The molecule has 1 N–H and O–H groups in total. The Bertz CT molecular complexity index is 1400. The van der Waals surface area contributed by atoms with Crippen molar-refractivity contribution in [2.75, 3.05) is 38.6 Å². The smallest absolute Gasteiger partial charge is 0.254 e. The monoisotopic (exact) mass is 531 g/mol. The summed E-state index contributed by atoms with van der Waals surface area (Å²) in [6.07, 6.45) is 5.61. The minimum Gasteiger partial charge on any atom is -0.492 e. The predicted molar refractivity (Wildman–Crippen MR) is 145 cm³/mol. The lowest BCUT2D eigenvalue weighted by Crippen LogP contribution is -2.40. The average Bonchev–Trinajstić information content (AvgIpc) is 3.57. The highest BCUT2D eigenvalue weighted by molar-refractivity contribution is 5.97. The molecule has 9 nitrogen and oxygen atoms in total. The number of anilines is 1. The van der Waals surface area contributed by atoms with Crippen LogP contribution in [-0.4, -0.2) is 69.7 Å². The highest BCUT2D eigenvalue weighted by Gasteiger charge is 2.32. The summed E-state index contributed by atoms with van der Waals surface area (Å²) in [5, 5.41) is 12.5. The molecule has 0 bridgehead atoms. The highest BCUT2D eigenvalue weighted by Crippen LogP contribution is 2.33. The topological polar surface area (TPSA) is 99.3 Å². The Morgan fingerprint density at radius 1 is 1.26 bits per heavy atom. The van der Waals surface area contributed by atoms with Crippen LogP contribution in [-0.2, 0) is 19.5 Å². The zero-order valence-electron chi connectivity index (χ0n) is 22.7. The second kappa shape index (κ2) is 11.4. The molecule has 0 aliphatic carbocycles. The van der Waals surface area contributed by atoms with E-state index in [9.17, 15) is 14.4 Å². The van der Waals surface area contributed by atoms with E-state index in [1.54, 1.807) is 12.3 Å². The number of aromatic nitrogens is 3. The summed E-state index contributed by atoms with van der Waals surface area (Å²) in [7, 11) is 1.83. The summed E-state index contributed by atoms with van der Waals surface area (Å²) in [6, 6.07) is 7.71. The van der Waals surface area contributed by atoms with Crippen LogP contribution in [0.3, 0.4) is 0 Å². The van der Waals surface area contributed by atoms with Gasteiger partial charge in [-0.25, -0.2) is 9.37 Å². The molecule has 1 unspecified atom stereocenters. The maximum absolute atomic E-state index is 14.0. The Hall–Kier alpha value is -3.97. The van der Waals surface area contributed by atoms with Gasteiger partial charge in [0.25, 0.3) is 5.91 Å². The fourth-order valence-corrected chi connectivity index (χ4v) is 5.61. The van der Waals surface area contributed by atoms with Gasteiger partial charge in [-0.1, -0.05) is 6.07 Å². The van der Waals surface area contributed by atoms with E-state index in [0.29, 0.717) is 68.2 Å². The summed E-state index contributed by atoms with van der Waals surface area (Å²) in [5.74, 6) is 1.16. The Balaban J connectivity index is 1.48. The van der Waals surface area contributed by atoms with Gasteiger partial charge in [-0.05, 0) is 49.4 Å². The molecule has 1 amide bonds. The number of ether oxygens (including phenoxy) is 1. The van der Waals surface area contributed by atoms with Gasteiger partial charge in [0, 0.05) is 63.4 Å². The van der Waals surface area contributed by atoms with E-state index in [-0.39, 0.29) is 11.9 Å². The number of nitrogens with one attached hydrogen (secondary N) is 1. The third-order valence-corrected chi connectivity index (χ3v) is 7.60.